The molecule has 188 valence electrons. The highest BCUT2D eigenvalue weighted by molar-refractivity contribution is 6.30. The van der Waals surface area contributed by atoms with E-state index in [4.69, 9.17) is 11.6 Å². The lowest BCUT2D eigenvalue weighted by atomic mass is 10.1. The third kappa shape index (κ3) is 4.49. The Balaban J connectivity index is 1.18. The number of anilines is 1. The Hall–Kier alpha value is -3.29. The van der Waals surface area contributed by atoms with Crippen LogP contribution in [0, 0.1) is 6.92 Å². The number of carbonyl (C=O) groups is 1. The Morgan fingerprint density at radius 3 is 2.50 bits per heavy atom. The van der Waals surface area contributed by atoms with Gasteiger partial charge in [-0.2, -0.15) is 0 Å². The van der Waals surface area contributed by atoms with Crippen LogP contribution in [0.5, 0.6) is 0 Å². The zero-order chi connectivity index (χ0) is 25.4. The summed E-state index contributed by atoms with van der Waals surface area (Å²) in [6, 6.07) is 15.6. The van der Waals surface area contributed by atoms with Gasteiger partial charge in [-0.1, -0.05) is 35.9 Å². The summed E-state index contributed by atoms with van der Waals surface area (Å²) in [5.41, 5.74) is 4.52. The van der Waals surface area contributed by atoms with E-state index in [0.29, 0.717) is 17.6 Å². The Labute approximate surface area is 215 Å². The van der Waals surface area contributed by atoms with Gasteiger partial charge in [-0.05, 0) is 49.7 Å². The van der Waals surface area contributed by atoms with Gasteiger partial charge < -0.3 is 19.4 Å². The fourth-order valence-corrected chi connectivity index (χ4v) is 5.46. The fraction of sp³-hybridized carbons (Fsp3) is 0.357. The summed E-state index contributed by atoms with van der Waals surface area (Å²) >= 11 is 6.20. The summed E-state index contributed by atoms with van der Waals surface area (Å²) in [4.78, 5) is 30.8. The molecule has 0 radical (unpaired) electrons. The number of nitrogens with zero attached hydrogens (tertiary/aromatic N) is 4. The number of pyridine rings is 1. The number of hydrogen-bond donors (Lipinski definition) is 1. The molecule has 8 heteroatoms. The highest BCUT2D eigenvalue weighted by Gasteiger charge is 2.20. The molecule has 1 N–H and O–H groups in total. The van der Waals surface area contributed by atoms with Gasteiger partial charge in [0, 0.05) is 62.9 Å². The summed E-state index contributed by atoms with van der Waals surface area (Å²) in [6.45, 7) is 7.55. The topological polar surface area (TPSA) is 62.5 Å². The van der Waals surface area contributed by atoms with Crippen LogP contribution in [0.15, 0.2) is 53.3 Å². The number of hydrogen-bond acceptors (Lipinski definition) is 4. The molecular formula is C28H32ClN5O2. The molecule has 1 aliphatic heterocycles. The van der Waals surface area contributed by atoms with E-state index < -0.39 is 0 Å². The average Bonchev–Trinajstić information content (AvgIpc) is 3.24. The van der Waals surface area contributed by atoms with Crippen molar-refractivity contribution >= 4 is 45.0 Å². The van der Waals surface area contributed by atoms with E-state index in [1.807, 2.05) is 48.0 Å². The number of aryl methyl sites for hydroxylation is 3. The molecule has 0 bridgehead atoms. The molecule has 4 aromatic rings. The number of benzene rings is 2. The van der Waals surface area contributed by atoms with Crippen molar-refractivity contribution in [1.82, 2.24) is 19.4 Å². The van der Waals surface area contributed by atoms with Crippen LogP contribution in [0.4, 0.5) is 5.69 Å². The van der Waals surface area contributed by atoms with Gasteiger partial charge in [0.2, 0.25) is 0 Å². The number of rotatable bonds is 6. The van der Waals surface area contributed by atoms with Crippen molar-refractivity contribution < 1.29 is 4.79 Å². The summed E-state index contributed by atoms with van der Waals surface area (Å²) in [7, 11) is 3.62. The minimum atomic E-state index is -0.152. The van der Waals surface area contributed by atoms with Gasteiger partial charge in [-0.15, -0.1) is 0 Å². The van der Waals surface area contributed by atoms with E-state index in [1.54, 1.807) is 17.7 Å². The van der Waals surface area contributed by atoms with Crippen LogP contribution in [-0.4, -0.2) is 59.2 Å². The molecule has 0 atom stereocenters. The minimum Gasteiger partial charge on any atom is -0.369 e. The van der Waals surface area contributed by atoms with Gasteiger partial charge in [0.15, 0.2) is 0 Å². The maximum Gasteiger partial charge on any atom is 0.267 e. The number of para-hydroxylation sites is 1. The van der Waals surface area contributed by atoms with Crippen LogP contribution in [0.2, 0.25) is 5.02 Å². The molecule has 36 heavy (non-hydrogen) atoms. The largest absolute Gasteiger partial charge is 0.369 e. The van der Waals surface area contributed by atoms with Crippen molar-refractivity contribution in [3.63, 3.8) is 0 Å². The van der Waals surface area contributed by atoms with E-state index in [0.717, 1.165) is 60.6 Å². The molecule has 1 fully saturated rings. The average molecular weight is 506 g/mol. The van der Waals surface area contributed by atoms with E-state index >= 15 is 0 Å². The monoisotopic (exact) mass is 505 g/mol. The van der Waals surface area contributed by atoms with E-state index in [9.17, 15) is 9.59 Å². The van der Waals surface area contributed by atoms with Crippen LogP contribution in [-0.2, 0) is 14.1 Å². The molecule has 5 rings (SSSR count). The van der Waals surface area contributed by atoms with Crippen molar-refractivity contribution in [3.05, 3.63) is 75.2 Å². The van der Waals surface area contributed by atoms with Gasteiger partial charge >= 0.3 is 0 Å². The summed E-state index contributed by atoms with van der Waals surface area (Å²) < 4.78 is 3.48. The second kappa shape index (κ2) is 9.99. The number of nitrogens with one attached hydrogen (secondary N) is 1. The molecule has 1 saturated heterocycles. The number of carbonyl (C=O) groups excluding carboxylic acids is 1. The SMILES string of the molecule is Cc1ccc(Cl)cc1N1CCN(CCCNC(=O)c2cc3c(=O)n(C)c4ccccc4c3n2C)CC1. The maximum absolute atomic E-state index is 13.0. The molecule has 2 aromatic heterocycles. The number of halogens is 1. The van der Waals surface area contributed by atoms with Crippen molar-refractivity contribution in [2.24, 2.45) is 14.1 Å². The second-order valence-electron chi connectivity index (χ2n) is 9.60. The quantitative estimate of drug-likeness (QED) is 0.403. The highest BCUT2D eigenvalue weighted by atomic mass is 35.5. The molecule has 2 aromatic carbocycles. The molecular weight excluding hydrogens is 474 g/mol. The van der Waals surface area contributed by atoms with Crippen LogP contribution >= 0.6 is 11.6 Å². The Bertz CT molecular complexity index is 1500. The third-order valence-electron chi connectivity index (χ3n) is 7.34. The van der Waals surface area contributed by atoms with Gasteiger partial charge in [-0.3, -0.25) is 14.5 Å². The van der Waals surface area contributed by atoms with Gasteiger partial charge in [0.25, 0.3) is 11.5 Å². The lowest BCUT2D eigenvalue weighted by molar-refractivity contribution is 0.0944. The highest BCUT2D eigenvalue weighted by Crippen LogP contribution is 2.26. The van der Waals surface area contributed by atoms with Crippen LogP contribution in [0.3, 0.4) is 0 Å². The smallest absolute Gasteiger partial charge is 0.267 e. The summed E-state index contributed by atoms with van der Waals surface area (Å²) in [5.74, 6) is -0.152. The molecule has 1 aliphatic rings. The van der Waals surface area contributed by atoms with Crippen molar-refractivity contribution in [3.8, 4) is 0 Å². The fourth-order valence-electron chi connectivity index (χ4n) is 5.30. The predicted octanol–water partition coefficient (Wildman–Crippen LogP) is 3.93. The van der Waals surface area contributed by atoms with Gasteiger partial charge in [0.05, 0.1) is 16.4 Å². The maximum atomic E-state index is 13.0. The number of fused-ring (bicyclic) bond motifs is 3. The zero-order valence-electron chi connectivity index (χ0n) is 21.1. The Kier molecular flexibility index (Phi) is 6.77. The van der Waals surface area contributed by atoms with E-state index in [1.165, 1.54) is 11.3 Å². The summed E-state index contributed by atoms with van der Waals surface area (Å²) in [6.07, 6.45) is 0.872. The lowest BCUT2D eigenvalue weighted by Gasteiger charge is -2.37. The van der Waals surface area contributed by atoms with Gasteiger partial charge in [0.1, 0.15) is 5.69 Å². The molecule has 3 heterocycles. The predicted molar refractivity (Wildman–Crippen MR) is 147 cm³/mol. The molecule has 0 spiro atoms. The Morgan fingerprint density at radius 2 is 1.72 bits per heavy atom. The van der Waals surface area contributed by atoms with E-state index in [2.05, 4.69) is 28.1 Å². The Morgan fingerprint density at radius 1 is 0.972 bits per heavy atom. The molecule has 0 saturated carbocycles. The van der Waals surface area contributed by atoms with Crippen LogP contribution in [0.1, 0.15) is 22.5 Å². The number of amides is 1. The van der Waals surface area contributed by atoms with Crippen molar-refractivity contribution in [2.75, 3.05) is 44.2 Å². The zero-order valence-corrected chi connectivity index (χ0v) is 21.8. The second-order valence-corrected chi connectivity index (χ2v) is 10.0. The lowest BCUT2D eigenvalue weighted by Crippen LogP contribution is -2.47. The standard InChI is InChI=1S/C28H32ClN5O2/c1-19-9-10-20(29)17-24(19)34-15-13-33(14-16-34)12-6-11-30-27(35)25-18-22-26(31(25)2)21-7-4-5-8-23(21)32(3)28(22)36/h4-5,7-10,17-18H,6,11-16H2,1-3H3,(H,30,35). The number of piperazine rings is 1. The molecule has 1 amide bonds. The molecule has 7 nitrogen and oxygen atoms in total. The normalized spacial score (nSPS) is 14.6. The van der Waals surface area contributed by atoms with Crippen LogP contribution in [0.25, 0.3) is 21.8 Å². The van der Waals surface area contributed by atoms with Gasteiger partial charge in [-0.25, -0.2) is 0 Å². The summed E-state index contributed by atoms with van der Waals surface area (Å²) in [5, 5.41) is 5.35. The molecule has 0 unspecified atom stereocenters. The van der Waals surface area contributed by atoms with Crippen molar-refractivity contribution in [1.29, 1.82) is 0 Å². The third-order valence-corrected chi connectivity index (χ3v) is 7.58. The first-order valence-electron chi connectivity index (χ1n) is 12.4. The van der Waals surface area contributed by atoms with Crippen molar-refractivity contribution in [2.45, 2.75) is 13.3 Å². The first-order valence-corrected chi connectivity index (χ1v) is 12.8. The first-order chi connectivity index (χ1) is 17.3. The van der Waals surface area contributed by atoms with E-state index in [-0.39, 0.29) is 11.5 Å². The van der Waals surface area contributed by atoms with Crippen LogP contribution < -0.4 is 15.8 Å². The first kappa shape index (κ1) is 24.4. The minimum absolute atomic E-state index is 0.0922. The molecule has 0 aliphatic carbocycles. The number of aromatic nitrogens is 2.